The van der Waals surface area contributed by atoms with Crippen LogP contribution in [0.2, 0.25) is 0 Å². The molecule has 0 unspecified atom stereocenters. The lowest BCUT2D eigenvalue weighted by Crippen LogP contribution is -2.20. The molecule has 0 aliphatic heterocycles. The van der Waals surface area contributed by atoms with Crippen molar-refractivity contribution in [3.05, 3.63) is 35.7 Å². The van der Waals surface area contributed by atoms with Crippen molar-refractivity contribution in [3.63, 3.8) is 0 Å². The first kappa shape index (κ1) is 17.7. The van der Waals surface area contributed by atoms with Gasteiger partial charge in [-0.05, 0) is 37.1 Å². The highest BCUT2D eigenvalue weighted by Crippen LogP contribution is 2.18. The third-order valence-corrected chi connectivity index (χ3v) is 3.50. The number of hydrogen-bond donors (Lipinski definition) is 2. The molecular weight excluding hydrogens is 306 g/mol. The van der Waals surface area contributed by atoms with Gasteiger partial charge in [0.2, 0.25) is 11.9 Å². The molecule has 7 nitrogen and oxygen atoms in total. The summed E-state index contributed by atoms with van der Waals surface area (Å²) >= 11 is 0. The molecule has 0 aliphatic carbocycles. The molecule has 2 rings (SSSR count). The van der Waals surface area contributed by atoms with Crippen LogP contribution in [0.5, 0.6) is 5.75 Å². The summed E-state index contributed by atoms with van der Waals surface area (Å²) in [6.07, 6.45) is 1.98. The number of amides is 1. The van der Waals surface area contributed by atoms with Gasteiger partial charge in [-0.15, -0.1) is 10.2 Å². The molecule has 0 saturated heterocycles. The van der Waals surface area contributed by atoms with Crippen molar-refractivity contribution in [1.29, 1.82) is 0 Å². The van der Waals surface area contributed by atoms with Gasteiger partial charge < -0.3 is 15.4 Å². The summed E-state index contributed by atoms with van der Waals surface area (Å²) < 4.78 is 5.52. The third kappa shape index (κ3) is 4.91. The van der Waals surface area contributed by atoms with E-state index in [0.29, 0.717) is 24.7 Å². The van der Waals surface area contributed by atoms with Crippen molar-refractivity contribution in [2.24, 2.45) is 0 Å². The third-order valence-electron chi connectivity index (χ3n) is 3.50. The van der Waals surface area contributed by atoms with E-state index in [4.69, 9.17) is 4.74 Å². The second-order valence-electron chi connectivity index (χ2n) is 5.16. The maximum Gasteiger partial charge on any atom is 0.247 e. The zero-order valence-electron chi connectivity index (χ0n) is 14.3. The number of nitrogens with zero attached hydrogens (tertiary/aromatic N) is 3. The van der Waals surface area contributed by atoms with Gasteiger partial charge in [0.15, 0.2) is 0 Å². The van der Waals surface area contributed by atoms with E-state index >= 15 is 0 Å². The summed E-state index contributed by atoms with van der Waals surface area (Å²) in [5.74, 6) is 1.15. The number of aryl methyl sites for hydroxylation is 2. The van der Waals surface area contributed by atoms with Crippen LogP contribution in [-0.4, -0.2) is 34.7 Å². The van der Waals surface area contributed by atoms with Crippen LogP contribution in [0.4, 0.5) is 11.6 Å². The van der Waals surface area contributed by atoms with Gasteiger partial charge in [0.25, 0.3) is 0 Å². The van der Waals surface area contributed by atoms with Gasteiger partial charge in [-0.1, -0.05) is 13.8 Å². The van der Waals surface area contributed by atoms with Crippen LogP contribution in [0, 0.1) is 0 Å². The van der Waals surface area contributed by atoms with Crippen molar-refractivity contribution >= 4 is 17.5 Å². The number of hydrogen-bond acceptors (Lipinski definition) is 6. The van der Waals surface area contributed by atoms with E-state index in [1.165, 1.54) is 0 Å². The molecule has 1 aromatic heterocycles. The molecule has 128 valence electrons. The van der Waals surface area contributed by atoms with Gasteiger partial charge in [-0.3, -0.25) is 4.79 Å². The Morgan fingerprint density at radius 3 is 2.42 bits per heavy atom. The minimum absolute atomic E-state index is 0.0415. The number of aromatic nitrogens is 3. The van der Waals surface area contributed by atoms with Gasteiger partial charge in [0.05, 0.1) is 24.4 Å². The highest BCUT2D eigenvalue weighted by Gasteiger charge is 2.06. The first-order valence-electron chi connectivity index (χ1n) is 8.09. The lowest BCUT2D eigenvalue weighted by molar-refractivity contribution is -0.121. The van der Waals surface area contributed by atoms with E-state index in [0.717, 1.165) is 29.9 Å². The molecule has 0 fully saturated rings. The number of benzene rings is 1. The van der Waals surface area contributed by atoms with Gasteiger partial charge >= 0.3 is 0 Å². The first-order valence-corrected chi connectivity index (χ1v) is 8.09. The van der Waals surface area contributed by atoms with Gasteiger partial charge in [0, 0.05) is 12.7 Å². The molecule has 0 saturated carbocycles. The zero-order valence-corrected chi connectivity index (χ0v) is 14.3. The predicted octanol–water partition coefficient (Wildman–Crippen LogP) is 2.25. The summed E-state index contributed by atoms with van der Waals surface area (Å²) in [5, 5.41) is 14.0. The van der Waals surface area contributed by atoms with Gasteiger partial charge in [-0.2, -0.15) is 0 Å². The molecule has 0 bridgehead atoms. The van der Waals surface area contributed by atoms with Crippen molar-refractivity contribution in [2.75, 3.05) is 19.0 Å². The summed E-state index contributed by atoms with van der Waals surface area (Å²) in [4.78, 5) is 15.6. The SMILES string of the molecule is CCc1nnc(Nc2ccc(OCCC(=O)NC)cc2)nc1CC. The second-order valence-corrected chi connectivity index (χ2v) is 5.16. The lowest BCUT2D eigenvalue weighted by atomic mass is 10.2. The molecule has 0 aliphatic rings. The van der Waals surface area contributed by atoms with Crippen LogP contribution in [0.1, 0.15) is 31.7 Å². The van der Waals surface area contributed by atoms with Crippen molar-refractivity contribution in [2.45, 2.75) is 33.1 Å². The van der Waals surface area contributed by atoms with Crippen LogP contribution >= 0.6 is 0 Å². The summed E-state index contributed by atoms with van der Waals surface area (Å²) in [6, 6.07) is 7.41. The van der Waals surface area contributed by atoms with Crippen LogP contribution in [-0.2, 0) is 17.6 Å². The Hall–Kier alpha value is -2.70. The molecule has 2 aromatic rings. The Labute approximate surface area is 141 Å². The number of rotatable bonds is 8. The Kier molecular flexibility index (Phi) is 6.48. The quantitative estimate of drug-likeness (QED) is 0.772. The van der Waals surface area contributed by atoms with Crippen LogP contribution in [0.15, 0.2) is 24.3 Å². The highest BCUT2D eigenvalue weighted by molar-refractivity contribution is 5.75. The Balaban J connectivity index is 1.95. The van der Waals surface area contributed by atoms with E-state index < -0.39 is 0 Å². The molecule has 1 heterocycles. The average molecular weight is 329 g/mol. The van der Waals surface area contributed by atoms with Crippen LogP contribution < -0.4 is 15.4 Å². The molecule has 1 aromatic carbocycles. The topological polar surface area (TPSA) is 89.0 Å². The average Bonchev–Trinajstić information content (AvgIpc) is 2.62. The number of carbonyl (C=O) groups is 1. The minimum atomic E-state index is -0.0415. The Morgan fingerprint density at radius 1 is 1.08 bits per heavy atom. The van der Waals surface area contributed by atoms with E-state index in [9.17, 15) is 4.79 Å². The van der Waals surface area contributed by atoms with E-state index in [-0.39, 0.29) is 5.91 Å². The summed E-state index contributed by atoms with van der Waals surface area (Å²) in [7, 11) is 1.61. The molecular formula is C17H23N5O2. The second kappa shape index (κ2) is 8.81. The fourth-order valence-electron chi connectivity index (χ4n) is 2.14. The normalized spacial score (nSPS) is 10.3. The summed E-state index contributed by atoms with van der Waals surface area (Å²) in [6.45, 7) is 4.44. The number of anilines is 2. The lowest BCUT2D eigenvalue weighted by Gasteiger charge is -2.09. The molecule has 7 heteroatoms. The van der Waals surface area contributed by atoms with E-state index in [1.807, 2.05) is 31.2 Å². The Bertz CT molecular complexity index is 673. The molecule has 1 amide bonds. The maximum absolute atomic E-state index is 11.1. The molecule has 0 atom stereocenters. The molecule has 0 spiro atoms. The fourth-order valence-corrected chi connectivity index (χ4v) is 2.14. The largest absolute Gasteiger partial charge is 0.493 e. The molecule has 0 radical (unpaired) electrons. The van der Waals surface area contributed by atoms with Crippen molar-refractivity contribution < 1.29 is 9.53 Å². The predicted molar refractivity (Wildman–Crippen MR) is 92.5 cm³/mol. The minimum Gasteiger partial charge on any atom is -0.493 e. The van der Waals surface area contributed by atoms with Gasteiger partial charge in [-0.25, -0.2) is 4.98 Å². The molecule has 2 N–H and O–H groups in total. The smallest absolute Gasteiger partial charge is 0.247 e. The summed E-state index contributed by atoms with van der Waals surface area (Å²) in [5.41, 5.74) is 2.74. The standard InChI is InChI=1S/C17H23N5O2/c1-4-14-15(5-2)21-22-17(20-14)19-12-6-8-13(9-7-12)24-11-10-16(23)18-3/h6-9H,4-5,10-11H2,1-3H3,(H,18,23)(H,19,20,22). The van der Waals surface area contributed by atoms with Crippen molar-refractivity contribution in [3.8, 4) is 5.75 Å². The Morgan fingerprint density at radius 2 is 1.79 bits per heavy atom. The first-order chi connectivity index (χ1) is 11.7. The van der Waals surface area contributed by atoms with Crippen molar-refractivity contribution in [1.82, 2.24) is 20.5 Å². The fraction of sp³-hybridized carbons (Fsp3) is 0.412. The highest BCUT2D eigenvalue weighted by atomic mass is 16.5. The number of carbonyl (C=O) groups excluding carboxylic acids is 1. The van der Waals surface area contributed by atoms with Crippen LogP contribution in [0.3, 0.4) is 0 Å². The number of ether oxygens (including phenoxy) is 1. The van der Waals surface area contributed by atoms with E-state index in [1.54, 1.807) is 7.05 Å². The number of nitrogens with one attached hydrogen (secondary N) is 2. The molecule has 24 heavy (non-hydrogen) atoms. The maximum atomic E-state index is 11.1. The van der Waals surface area contributed by atoms with E-state index in [2.05, 4.69) is 32.7 Å². The van der Waals surface area contributed by atoms with Gasteiger partial charge in [0.1, 0.15) is 5.75 Å². The monoisotopic (exact) mass is 329 g/mol. The zero-order chi connectivity index (χ0) is 17.4. The van der Waals surface area contributed by atoms with Crippen LogP contribution in [0.25, 0.3) is 0 Å².